The fraction of sp³-hybridized carbons (Fsp3) is 0.111. The molecule has 1 heterocycles. The van der Waals surface area contributed by atoms with Crippen molar-refractivity contribution in [2.75, 3.05) is 0 Å². The Balaban J connectivity index is 2.16. The van der Waals surface area contributed by atoms with Crippen molar-refractivity contribution in [3.63, 3.8) is 0 Å². The van der Waals surface area contributed by atoms with Gasteiger partial charge in [0.15, 0.2) is 6.04 Å². The van der Waals surface area contributed by atoms with Gasteiger partial charge in [0.05, 0.1) is 5.71 Å². The largest absolute Gasteiger partial charge is 0.367 e. The number of benzene rings is 1. The van der Waals surface area contributed by atoms with Gasteiger partial charge in [0, 0.05) is 0 Å². The Labute approximate surface area is 69.9 Å². The summed E-state index contributed by atoms with van der Waals surface area (Å²) in [5.41, 5.74) is 6.87. The molecule has 1 aromatic carbocycles. The van der Waals surface area contributed by atoms with Crippen LogP contribution in [0.25, 0.3) is 0 Å². The van der Waals surface area contributed by atoms with E-state index >= 15 is 0 Å². The second-order valence-corrected chi connectivity index (χ2v) is 2.69. The monoisotopic (exact) mass is 160 g/mol. The molecule has 1 aliphatic rings. The number of carbonyl (C=O) groups is 1. The van der Waals surface area contributed by atoms with Crippen LogP contribution in [0.5, 0.6) is 0 Å². The number of hydrogen-bond donors (Lipinski definition) is 1. The number of carbonyl (C=O) groups excluding carboxylic acids is 1. The molecule has 3 nitrogen and oxygen atoms in total. The number of nitrogens with two attached hydrogens (primary N) is 1. The van der Waals surface area contributed by atoms with Gasteiger partial charge in [-0.1, -0.05) is 30.3 Å². The lowest BCUT2D eigenvalue weighted by Gasteiger charge is -1.91. The summed E-state index contributed by atoms with van der Waals surface area (Å²) in [7, 11) is 0. The Hall–Kier alpha value is -1.64. The summed E-state index contributed by atoms with van der Waals surface area (Å²) < 4.78 is 0. The zero-order valence-corrected chi connectivity index (χ0v) is 6.40. The first-order chi connectivity index (χ1) is 5.79. The van der Waals surface area contributed by atoms with Crippen LogP contribution in [0.3, 0.4) is 0 Å². The average molecular weight is 160 g/mol. The number of primary amides is 1. The van der Waals surface area contributed by atoms with Crippen molar-refractivity contribution < 1.29 is 4.79 Å². The molecule has 60 valence electrons. The van der Waals surface area contributed by atoms with Crippen molar-refractivity contribution in [1.29, 1.82) is 0 Å². The minimum atomic E-state index is -0.368. The molecule has 1 aliphatic heterocycles. The lowest BCUT2D eigenvalue weighted by Crippen LogP contribution is -2.22. The first-order valence-corrected chi connectivity index (χ1v) is 3.71. The second kappa shape index (κ2) is 2.44. The van der Waals surface area contributed by atoms with Crippen LogP contribution in [0.4, 0.5) is 0 Å². The normalized spacial score (nSPS) is 20.0. The standard InChI is InChI=1S/C9H8N2O/c10-9(12)8-7(11-8)6-4-2-1-3-5-6/h1-5,8H,(H2,10,12). The number of hydrogen-bond acceptors (Lipinski definition) is 2. The molecule has 0 saturated carbocycles. The molecule has 2 rings (SSSR count). The summed E-state index contributed by atoms with van der Waals surface area (Å²) in [5.74, 6) is -0.367. The third-order valence-electron chi connectivity index (χ3n) is 1.80. The van der Waals surface area contributed by atoms with Crippen molar-refractivity contribution >= 4 is 11.6 Å². The van der Waals surface area contributed by atoms with Crippen molar-refractivity contribution in [2.45, 2.75) is 6.04 Å². The Kier molecular flexibility index (Phi) is 1.43. The predicted octanol–water partition coefficient (Wildman–Crippen LogP) is 0.343. The van der Waals surface area contributed by atoms with Gasteiger partial charge < -0.3 is 5.73 Å². The smallest absolute Gasteiger partial charge is 0.248 e. The molecule has 1 amide bonds. The van der Waals surface area contributed by atoms with Crippen LogP contribution in [0.2, 0.25) is 0 Å². The Morgan fingerprint density at radius 3 is 2.50 bits per heavy atom. The van der Waals surface area contributed by atoms with Crippen molar-refractivity contribution in [2.24, 2.45) is 10.7 Å². The van der Waals surface area contributed by atoms with Gasteiger partial charge in [-0.2, -0.15) is 0 Å². The van der Waals surface area contributed by atoms with Gasteiger partial charge >= 0.3 is 0 Å². The summed E-state index contributed by atoms with van der Waals surface area (Å²) in [6.45, 7) is 0. The van der Waals surface area contributed by atoms with E-state index in [4.69, 9.17) is 5.73 Å². The average Bonchev–Trinajstić information content (AvgIpc) is 2.84. The molecule has 12 heavy (non-hydrogen) atoms. The van der Waals surface area contributed by atoms with Crippen molar-refractivity contribution in [1.82, 2.24) is 0 Å². The predicted molar refractivity (Wildman–Crippen MR) is 46.0 cm³/mol. The molecule has 0 radical (unpaired) electrons. The quantitative estimate of drug-likeness (QED) is 0.666. The van der Waals surface area contributed by atoms with E-state index in [2.05, 4.69) is 4.99 Å². The van der Waals surface area contributed by atoms with Gasteiger partial charge in [0.1, 0.15) is 0 Å². The van der Waals surface area contributed by atoms with Crippen LogP contribution in [-0.4, -0.2) is 17.7 Å². The highest BCUT2D eigenvalue weighted by Crippen LogP contribution is 2.18. The maximum Gasteiger partial charge on any atom is 0.248 e. The van der Waals surface area contributed by atoms with Gasteiger partial charge in [-0.15, -0.1) is 0 Å². The van der Waals surface area contributed by atoms with Gasteiger partial charge in [-0.05, 0) is 5.56 Å². The minimum Gasteiger partial charge on any atom is -0.367 e. The summed E-state index contributed by atoms with van der Waals surface area (Å²) in [5, 5.41) is 0. The molecule has 2 N–H and O–H groups in total. The fourth-order valence-electron chi connectivity index (χ4n) is 1.14. The lowest BCUT2D eigenvalue weighted by atomic mass is 10.1. The van der Waals surface area contributed by atoms with Crippen molar-refractivity contribution in [3.8, 4) is 0 Å². The number of aliphatic imine (C=N–C) groups is 1. The second-order valence-electron chi connectivity index (χ2n) is 2.69. The molecular formula is C9H8N2O. The van der Waals surface area contributed by atoms with Crippen LogP contribution in [0, 0.1) is 0 Å². The molecule has 0 aromatic heterocycles. The van der Waals surface area contributed by atoms with E-state index in [0.717, 1.165) is 11.3 Å². The summed E-state index contributed by atoms with van der Waals surface area (Å²) >= 11 is 0. The van der Waals surface area contributed by atoms with Gasteiger partial charge in [0.25, 0.3) is 0 Å². The Morgan fingerprint density at radius 1 is 1.33 bits per heavy atom. The summed E-state index contributed by atoms with van der Waals surface area (Å²) in [6.07, 6.45) is 0. The molecule has 1 aromatic rings. The van der Waals surface area contributed by atoms with Gasteiger partial charge in [-0.3, -0.25) is 9.79 Å². The maximum absolute atomic E-state index is 10.7. The maximum atomic E-state index is 10.7. The van der Waals surface area contributed by atoms with Crippen LogP contribution in [-0.2, 0) is 4.79 Å². The first kappa shape index (κ1) is 7.03. The topological polar surface area (TPSA) is 55.5 Å². The number of nitrogens with zero attached hydrogens (tertiary/aromatic N) is 1. The number of amides is 1. The van der Waals surface area contributed by atoms with Crippen LogP contribution >= 0.6 is 0 Å². The third-order valence-corrected chi connectivity index (χ3v) is 1.80. The zero-order valence-electron chi connectivity index (χ0n) is 6.40. The first-order valence-electron chi connectivity index (χ1n) is 3.71. The SMILES string of the molecule is NC(=O)C1N=C1c1ccccc1. The van der Waals surface area contributed by atoms with Crippen LogP contribution < -0.4 is 5.73 Å². The molecular weight excluding hydrogens is 152 g/mol. The van der Waals surface area contributed by atoms with E-state index < -0.39 is 0 Å². The fourth-order valence-corrected chi connectivity index (χ4v) is 1.14. The zero-order chi connectivity index (χ0) is 8.55. The van der Waals surface area contributed by atoms with E-state index in [-0.39, 0.29) is 11.9 Å². The lowest BCUT2D eigenvalue weighted by molar-refractivity contribution is -0.117. The minimum absolute atomic E-state index is 0.367. The number of rotatable bonds is 2. The summed E-state index contributed by atoms with van der Waals surface area (Å²) in [4.78, 5) is 14.6. The van der Waals surface area contributed by atoms with Gasteiger partial charge in [0.2, 0.25) is 5.91 Å². The molecule has 0 saturated heterocycles. The molecule has 1 atom stereocenters. The summed E-state index contributed by atoms with van der Waals surface area (Å²) in [6, 6.07) is 9.21. The molecule has 1 unspecified atom stereocenters. The van der Waals surface area contributed by atoms with Crippen molar-refractivity contribution in [3.05, 3.63) is 35.9 Å². The third kappa shape index (κ3) is 1.09. The van der Waals surface area contributed by atoms with E-state index in [1.165, 1.54) is 0 Å². The Morgan fingerprint density at radius 2 is 2.00 bits per heavy atom. The highest BCUT2D eigenvalue weighted by molar-refractivity contribution is 6.25. The molecule has 3 heteroatoms. The van der Waals surface area contributed by atoms with E-state index in [9.17, 15) is 4.79 Å². The van der Waals surface area contributed by atoms with E-state index in [1.807, 2.05) is 30.3 Å². The highest BCUT2D eigenvalue weighted by Gasteiger charge is 2.33. The Bertz CT molecular complexity index is 343. The molecule has 0 fully saturated rings. The highest BCUT2D eigenvalue weighted by atomic mass is 16.1. The van der Waals surface area contributed by atoms with Gasteiger partial charge in [-0.25, -0.2) is 0 Å². The molecule has 0 bridgehead atoms. The molecule has 0 spiro atoms. The van der Waals surface area contributed by atoms with Crippen LogP contribution in [0.1, 0.15) is 5.56 Å². The van der Waals surface area contributed by atoms with Crippen LogP contribution in [0.15, 0.2) is 35.3 Å². The van der Waals surface area contributed by atoms with E-state index in [1.54, 1.807) is 0 Å². The molecule has 0 aliphatic carbocycles. The van der Waals surface area contributed by atoms with E-state index in [0.29, 0.717) is 0 Å².